The Hall–Kier alpha value is -10.9. The Labute approximate surface area is 439 Å². The van der Waals surface area contributed by atoms with E-state index >= 15 is 0 Å². The van der Waals surface area contributed by atoms with Gasteiger partial charge in [0.05, 0.1) is 57.9 Å². The number of benzene rings is 12. The molecule has 0 N–H and O–H groups in total. The molecule has 0 bridgehead atoms. The summed E-state index contributed by atoms with van der Waals surface area (Å²) in [5, 5.41) is 28.4. The van der Waals surface area contributed by atoms with Gasteiger partial charge in [0.25, 0.3) is 0 Å². The molecule has 7 nitrogen and oxygen atoms in total. The van der Waals surface area contributed by atoms with Crippen molar-refractivity contribution in [3.8, 4) is 17.8 Å². The van der Waals surface area contributed by atoms with E-state index in [4.69, 9.17) is 6.57 Å². The highest BCUT2D eigenvalue weighted by molar-refractivity contribution is 6.13. The maximum atomic E-state index is 9.85. The summed E-state index contributed by atoms with van der Waals surface area (Å²) in [6.45, 7) is 7.75. The van der Waals surface area contributed by atoms with Crippen LogP contribution < -0.4 is 14.7 Å². The molecule has 0 atom stereocenters. The molecule has 0 aliphatic carbocycles. The molecule has 0 fully saturated rings. The van der Waals surface area contributed by atoms with E-state index < -0.39 is 0 Å². The molecule has 13 rings (SSSR count). The molecule has 0 aliphatic rings. The van der Waals surface area contributed by atoms with E-state index in [1.54, 1.807) is 0 Å². The molecule has 0 amide bonds. The Bertz CT molecular complexity index is 4290. The van der Waals surface area contributed by atoms with Gasteiger partial charge in [-0.2, -0.15) is 10.5 Å². The van der Waals surface area contributed by atoms with E-state index in [9.17, 15) is 10.5 Å². The summed E-state index contributed by atoms with van der Waals surface area (Å²) >= 11 is 0. The van der Waals surface area contributed by atoms with Crippen molar-refractivity contribution in [1.29, 1.82) is 10.5 Å². The van der Waals surface area contributed by atoms with Crippen LogP contribution in [0.25, 0.3) is 64.7 Å². The summed E-state index contributed by atoms with van der Waals surface area (Å²) in [4.78, 5) is 10.6. The summed E-state index contributed by atoms with van der Waals surface area (Å²) in [5.74, 6) is 0. The van der Waals surface area contributed by atoms with Crippen molar-refractivity contribution >= 4 is 111 Å². The second-order valence-corrected chi connectivity index (χ2v) is 18.7. The average molecular weight is 970 g/mol. The summed E-state index contributed by atoms with van der Waals surface area (Å²) in [5.41, 5.74) is 13.6. The van der Waals surface area contributed by atoms with Gasteiger partial charge in [-0.15, -0.1) is 0 Å². The van der Waals surface area contributed by atoms with E-state index in [1.807, 2.05) is 72.8 Å². The molecule has 13 aromatic rings. The Kier molecular flexibility index (Phi) is 11.2. The molecule has 1 aromatic heterocycles. The van der Waals surface area contributed by atoms with Crippen molar-refractivity contribution in [2.75, 3.05) is 14.7 Å². The third kappa shape index (κ3) is 7.84. The summed E-state index contributed by atoms with van der Waals surface area (Å²) in [6.07, 6.45) is 0. The van der Waals surface area contributed by atoms with Gasteiger partial charge in [-0.1, -0.05) is 121 Å². The third-order valence-electron chi connectivity index (χ3n) is 14.4. The van der Waals surface area contributed by atoms with Gasteiger partial charge in [0, 0.05) is 66.7 Å². The predicted molar refractivity (Wildman–Crippen MR) is 313 cm³/mol. The number of nitrogens with zero attached hydrogens (tertiary/aromatic N) is 7. The number of hydrogen-bond donors (Lipinski definition) is 0. The predicted octanol–water partition coefficient (Wildman–Crippen LogP) is 18.9. The molecule has 0 aliphatic heterocycles. The molecular formula is C69H43N7. The average Bonchev–Trinajstić information content (AvgIpc) is 3.91. The van der Waals surface area contributed by atoms with Crippen LogP contribution in [0.3, 0.4) is 0 Å². The molecule has 0 spiro atoms. The molecule has 7 heteroatoms. The minimum Gasteiger partial charge on any atom is -0.310 e. The van der Waals surface area contributed by atoms with Crippen molar-refractivity contribution in [1.82, 2.24) is 4.57 Å². The van der Waals surface area contributed by atoms with Gasteiger partial charge in [0.15, 0.2) is 5.69 Å². The number of nitriles is 2. The molecule has 0 unspecified atom stereocenters. The number of aromatic nitrogens is 1. The minimum absolute atomic E-state index is 0.578. The van der Waals surface area contributed by atoms with Crippen molar-refractivity contribution < 1.29 is 0 Å². The topological polar surface area (TPSA) is 66.6 Å². The first-order valence-corrected chi connectivity index (χ1v) is 25.1. The van der Waals surface area contributed by atoms with E-state index in [0.29, 0.717) is 16.8 Å². The second-order valence-electron chi connectivity index (χ2n) is 18.7. The van der Waals surface area contributed by atoms with Crippen LogP contribution in [0.4, 0.5) is 56.9 Å². The Morgan fingerprint density at radius 3 is 1.04 bits per heavy atom. The van der Waals surface area contributed by atoms with Crippen LogP contribution in [0.15, 0.2) is 261 Å². The zero-order valence-corrected chi connectivity index (χ0v) is 41.0. The number of rotatable bonds is 10. The molecule has 12 aromatic carbocycles. The first kappa shape index (κ1) is 45.0. The quantitative estimate of drug-likeness (QED) is 0.128. The molecular weight excluding hydrogens is 927 g/mol. The fraction of sp³-hybridized carbons (Fsp3) is 0. The van der Waals surface area contributed by atoms with Crippen molar-refractivity contribution in [3.63, 3.8) is 0 Å². The monoisotopic (exact) mass is 969 g/mol. The first-order valence-electron chi connectivity index (χ1n) is 25.1. The van der Waals surface area contributed by atoms with Gasteiger partial charge in [0.2, 0.25) is 0 Å². The molecule has 354 valence electrons. The Morgan fingerprint density at radius 2 is 0.658 bits per heavy atom. The SMILES string of the molecule is [C-]#[N+]c1ccc(N(c2ccc3c(c2)c2cc(N(c4ccc(C#N)cc4)c4cccc5ccccc45)ccc2n3-c2ccc(N(c3ccc(C#N)cc3)c3cccc4ccccc34)cc2)c2cccc3ccccc23)cc1. The lowest BCUT2D eigenvalue weighted by Crippen LogP contribution is -2.11. The van der Waals surface area contributed by atoms with Crippen LogP contribution in [0, 0.1) is 29.2 Å². The molecule has 0 saturated carbocycles. The number of anilines is 9. The van der Waals surface area contributed by atoms with Gasteiger partial charge in [-0.25, -0.2) is 4.85 Å². The van der Waals surface area contributed by atoms with Gasteiger partial charge in [0.1, 0.15) is 0 Å². The van der Waals surface area contributed by atoms with Gasteiger partial charge in [-0.05, 0) is 156 Å². The standard InChI is InChI=1S/C69H43N7/c1-72-52-27-33-55(34-28-52)75(67-22-10-16-51-13-4-7-19-62(51)67)59-40-42-69-64(44-59)63-43-58(74(54-31-25-48(46-71)26-32-54)66-21-9-15-50-12-3-6-18-61(50)66)39-41-68(63)76(69)57-37-35-56(36-38-57)73(53-29-23-47(45-70)24-30-53)65-20-8-14-49-11-2-5-17-60(49)65/h2-44H. The highest BCUT2D eigenvalue weighted by atomic mass is 15.2. The number of hydrogen-bond acceptors (Lipinski definition) is 5. The van der Waals surface area contributed by atoms with Crippen molar-refractivity contribution in [2.24, 2.45) is 0 Å². The largest absolute Gasteiger partial charge is 0.310 e. The molecule has 0 saturated heterocycles. The molecule has 76 heavy (non-hydrogen) atoms. The normalized spacial score (nSPS) is 11.1. The van der Waals surface area contributed by atoms with Crippen LogP contribution >= 0.6 is 0 Å². The highest BCUT2D eigenvalue weighted by Crippen LogP contribution is 2.46. The van der Waals surface area contributed by atoms with E-state index in [1.165, 1.54) is 0 Å². The highest BCUT2D eigenvalue weighted by Gasteiger charge is 2.23. The lowest BCUT2D eigenvalue weighted by atomic mass is 10.0. The maximum absolute atomic E-state index is 9.85. The second kappa shape index (κ2) is 18.9. The van der Waals surface area contributed by atoms with Gasteiger partial charge >= 0.3 is 0 Å². The van der Waals surface area contributed by atoms with Gasteiger partial charge in [-0.3, -0.25) is 0 Å². The van der Waals surface area contributed by atoms with Crippen LogP contribution in [-0.4, -0.2) is 4.57 Å². The van der Waals surface area contributed by atoms with Crippen LogP contribution in [0.1, 0.15) is 11.1 Å². The fourth-order valence-corrected chi connectivity index (χ4v) is 10.8. The molecule has 0 radical (unpaired) electrons. The van der Waals surface area contributed by atoms with Crippen LogP contribution in [-0.2, 0) is 0 Å². The summed E-state index contributed by atoms with van der Waals surface area (Å²) < 4.78 is 2.35. The first-order chi connectivity index (χ1) is 37.5. The van der Waals surface area contributed by atoms with Crippen LogP contribution in [0.5, 0.6) is 0 Å². The van der Waals surface area contributed by atoms with Crippen molar-refractivity contribution in [3.05, 3.63) is 283 Å². The summed E-state index contributed by atoms with van der Waals surface area (Å²) in [6, 6.07) is 94.7. The van der Waals surface area contributed by atoms with Crippen LogP contribution in [0.2, 0.25) is 0 Å². The Morgan fingerprint density at radius 1 is 0.329 bits per heavy atom. The Balaban J connectivity index is 1.04. The van der Waals surface area contributed by atoms with E-state index in [2.05, 4.69) is 224 Å². The fourth-order valence-electron chi connectivity index (χ4n) is 10.8. The van der Waals surface area contributed by atoms with Gasteiger partial charge < -0.3 is 19.3 Å². The van der Waals surface area contributed by atoms with E-state index in [-0.39, 0.29) is 0 Å². The molecule has 1 heterocycles. The maximum Gasteiger partial charge on any atom is 0.187 e. The lowest BCUT2D eigenvalue weighted by molar-refractivity contribution is 1.17. The summed E-state index contributed by atoms with van der Waals surface area (Å²) in [7, 11) is 0. The lowest BCUT2D eigenvalue weighted by Gasteiger charge is -2.27. The third-order valence-corrected chi connectivity index (χ3v) is 14.4. The minimum atomic E-state index is 0.578. The zero-order chi connectivity index (χ0) is 51.1. The number of fused-ring (bicyclic) bond motifs is 6. The smallest absolute Gasteiger partial charge is 0.187 e. The van der Waals surface area contributed by atoms with Crippen molar-refractivity contribution in [2.45, 2.75) is 0 Å². The van der Waals surface area contributed by atoms with E-state index in [0.717, 1.165) is 111 Å². The zero-order valence-electron chi connectivity index (χ0n) is 41.0.